The van der Waals surface area contributed by atoms with E-state index in [9.17, 15) is 0 Å². The van der Waals surface area contributed by atoms with Gasteiger partial charge in [0, 0.05) is 13.7 Å². The van der Waals surface area contributed by atoms with Gasteiger partial charge in [0.05, 0.1) is 5.75 Å². The molecule has 1 heterocycles. The third-order valence-corrected chi connectivity index (χ3v) is 2.62. The van der Waals surface area contributed by atoms with Crippen LogP contribution in [0.1, 0.15) is 12.2 Å². The zero-order valence-corrected chi connectivity index (χ0v) is 9.46. The van der Waals surface area contributed by atoms with Gasteiger partial charge in [-0.05, 0) is 12.2 Å². The Labute approximate surface area is 92.8 Å². The van der Waals surface area contributed by atoms with Gasteiger partial charge in [-0.25, -0.2) is 0 Å². The monoisotopic (exact) mass is 229 g/mol. The van der Waals surface area contributed by atoms with E-state index in [4.69, 9.17) is 16.2 Å². The second kappa shape index (κ2) is 6.41. The Morgan fingerprint density at radius 3 is 2.47 bits per heavy atom. The highest BCUT2D eigenvalue weighted by atomic mass is 32.2. The van der Waals surface area contributed by atoms with Crippen LogP contribution in [0, 0.1) is 0 Å². The maximum atomic E-state index is 5.44. The molecule has 0 spiro atoms. The molecule has 6 nitrogen and oxygen atoms in total. The molecule has 0 unspecified atom stereocenters. The van der Waals surface area contributed by atoms with Crippen molar-refractivity contribution in [3.63, 3.8) is 0 Å². The predicted molar refractivity (Wildman–Crippen MR) is 61.3 cm³/mol. The van der Waals surface area contributed by atoms with E-state index in [1.807, 2.05) is 0 Å². The van der Waals surface area contributed by atoms with Gasteiger partial charge in [0.2, 0.25) is 11.9 Å². The molecule has 1 rings (SSSR count). The number of methoxy groups -OCH3 is 1. The lowest BCUT2D eigenvalue weighted by atomic mass is 10.5. The summed E-state index contributed by atoms with van der Waals surface area (Å²) in [5, 5.41) is 0. The first kappa shape index (κ1) is 12.0. The fourth-order valence-electron chi connectivity index (χ4n) is 0.990. The number of ether oxygens (including phenoxy) is 1. The zero-order chi connectivity index (χ0) is 11.1. The van der Waals surface area contributed by atoms with Crippen molar-refractivity contribution >= 4 is 23.7 Å². The number of nitrogens with zero attached hydrogens (tertiary/aromatic N) is 3. The Bertz CT molecular complexity index is 289. The van der Waals surface area contributed by atoms with Crippen LogP contribution in [-0.2, 0) is 10.5 Å². The van der Waals surface area contributed by atoms with E-state index in [1.165, 1.54) is 0 Å². The summed E-state index contributed by atoms with van der Waals surface area (Å²) in [7, 11) is 1.69. The molecule has 0 amide bonds. The van der Waals surface area contributed by atoms with Crippen molar-refractivity contribution in [2.45, 2.75) is 12.2 Å². The molecule has 0 saturated heterocycles. The smallest absolute Gasteiger partial charge is 0.225 e. The maximum Gasteiger partial charge on any atom is 0.225 e. The number of hydrogen-bond donors (Lipinski definition) is 2. The highest BCUT2D eigenvalue weighted by molar-refractivity contribution is 7.98. The Kier molecular flexibility index (Phi) is 5.13. The second-order valence-electron chi connectivity index (χ2n) is 2.87. The molecule has 84 valence electrons. The predicted octanol–water partition coefficient (Wildman–Crippen LogP) is 0.306. The van der Waals surface area contributed by atoms with Gasteiger partial charge >= 0.3 is 0 Å². The topological polar surface area (TPSA) is 99.9 Å². The normalized spacial score (nSPS) is 10.5. The maximum absolute atomic E-state index is 5.44. The van der Waals surface area contributed by atoms with Gasteiger partial charge in [0.15, 0.2) is 0 Å². The van der Waals surface area contributed by atoms with E-state index in [-0.39, 0.29) is 11.9 Å². The van der Waals surface area contributed by atoms with E-state index in [1.54, 1.807) is 18.9 Å². The number of aromatic nitrogens is 3. The summed E-state index contributed by atoms with van der Waals surface area (Å²) in [6.07, 6.45) is 1.01. The van der Waals surface area contributed by atoms with Gasteiger partial charge in [-0.2, -0.15) is 26.7 Å². The Hall–Kier alpha value is -1.08. The number of hydrogen-bond acceptors (Lipinski definition) is 7. The molecule has 0 aromatic carbocycles. The summed E-state index contributed by atoms with van der Waals surface area (Å²) in [5.41, 5.74) is 10.9. The number of thioether (sulfide) groups is 1. The van der Waals surface area contributed by atoms with Crippen molar-refractivity contribution in [3.05, 3.63) is 5.82 Å². The highest BCUT2D eigenvalue weighted by Gasteiger charge is 2.01. The molecule has 0 aliphatic heterocycles. The molecule has 15 heavy (non-hydrogen) atoms. The second-order valence-corrected chi connectivity index (χ2v) is 3.97. The van der Waals surface area contributed by atoms with Crippen LogP contribution >= 0.6 is 11.8 Å². The molecule has 0 aliphatic carbocycles. The van der Waals surface area contributed by atoms with Crippen molar-refractivity contribution < 1.29 is 4.74 Å². The van der Waals surface area contributed by atoms with E-state index in [0.29, 0.717) is 11.6 Å². The van der Waals surface area contributed by atoms with Crippen molar-refractivity contribution in [1.29, 1.82) is 0 Å². The van der Waals surface area contributed by atoms with Gasteiger partial charge in [-0.1, -0.05) is 0 Å². The minimum atomic E-state index is 0.176. The molecule has 1 aromatic rings. The SMILES string of the molecule is COCCCSCc1nc(N)nc(N)n1. The molecule has 1 aromatic heterocycles. The fourth-order valence-corrected chi connectivity index (χ4v) is 1.77. The van der Waals surface area contributed by atoms with Gasteiger partial charge in [-0.3, -0.25) is 0 Å². The zero-order valence-electron chi connectivity index (χ0n) is 8.64. The first-order valence-electron chi connectivity index (χ1n) is 4.55. The number of anilines is 2. The molecule has 0 saturated carbocycles. The number of nitrogens with two attached hydrogens (primary N) is 2. The van der Waals surface area contributed by atoms with E-state index < -0.39 is 0 Å². The van der Waals surface area contributed by atoms with Gasteiger partial charge in [0.25, 0.3) is 0 Å². The average molecular weight is 229 g/mol. The van der Waals surface area contributed by atoms with Crippen LogP contribution in [0.4, 0.5) is 11.9 Å². The lowest BCUT2D eigenvalue weighted by Crippen LogP contribution is -2.06. The van der Waals surface area contributed by atoms with Crippen LogP contribution < -0.4 is 11.5 Å². The average Bonchev–Trinajstić information content (AvgIpc) is 2.16. The van der Waals surface area contributed by atoms with E-state index in [2.05, 4.69) is 15.0 Å². The Balaban J connectivity index is 2.31. The van der Waals surface area contributed by atoms with Crippen molar-refractivity contribution in [2.24, 2.45) is 0 Å². The van der Waals surface area contributed by atoms with Crippen LogP contribution in [0.2, 0.25) is 0 Å². The minimum absolute atomic E-state index is 0.176. The van der Waals surface area contributed by atoms with Gasteiger partial charge < -0.3 is 16.2 Å². The largest absolute Gasteiger partial charge is 0.385 e. The molecule has 0 radical (unpaired) electrons. The molecule has 0 atom stereocenters. The molecule has 0 bridgehead atoms. The summed E-state index contributed by atoms with van der Waals surface area (Å²) in [6.45, 7) is 0.772. The summed E-state index contributed by atoms with van der Waals surface area (Å²) >= 11 is 1.72. The Morgan fingerprint density at radius 2 is 1.87 bits per heavy atom. The third kappa shape index (κ3) is 4.80. The standard InChI is InChI=1S/C8H15N5OS/c1-14-3-2-4-15-5-6-11-7(9)13-8(10)12-6/h2-5H2,1H3,(H4,9,10,11,12,13). The third-order valence-electron chi connectivity index (χ3n) is 1.58. The summed E-state index contributed by atoms with van der Waals surface area (Å²) in [6, 6.07) is 0. The highest BCUT2D eigenvalue weighted by Crippen LogP contribution is 2.10. The van der Waals surface area contributed by atoms with E-state index in [0.717, 1.165) is 18.8 Å². The van der Waals surface area contributed by atoms with Crippen LogP contribution in [0.15, 0.2) is 0 Å². The van der Waals surface area contributed by atoms with Crippen LogP contribution in [0.3, 0.4) is 0 Å². The summed E-state index contributed by atoms with van der Waals surface area (Å²) in [5.74, 6) is 2.67. The van der Waals surface area contributed by atoms with Crippen LogP contribution in [-0.4, -0.2) is 34.4 Å². The first-order chi connectivity index (χ1) is 7.22. The van der Waals surface area contributed by atoms with Crippen molar-refractivity contribution in [1.82, 2.24) is 15.0 Å². The van der Waals surface area contributed by atoms with Crippen molar-refractivity contribution in [2.75, 3.05) is 30.9 Å². The first-order valence-corrected chi connectivity index (χ1v) is 5.70. The fraction of sp³-hybridized carbons (Fsp3) is 0.625. The summed E-state index contributed by atoms with van der Waals surface area (Å²) < 4.78 is 4.94. The molecule has 0 fully saturated rings. The van der Waals surface area contributed by atoms with Crippen LogP contribution in [0.25, 0.3) is 0 Å². The number of nitrogen functional groups attached to an aromatic ring is 2. The number of rotatable bonds is 6. The summed E-state index contributed by atoms with van der Waals surface area (Å²) in [4.78, 5) is 11.6. The molecule has 7 heteroatoms. The Morgan fingerprint density at radius 1 is 1.20 bits per heavy atom. The van der Waals surface area contributed by atoms with E-state index >= 15 is 0 Å². The van der Waals surface area contributed by atoms with Crippen molar-refractivity contribution in [3.8, 4) is 0 Å². The minimum Gasteiger partial charge on any atom is -0.385 e. The van der Waals surface area contributed by atoms with Gasteiger partial charge in [-0.15, -0.1) is 0 Å². The molecular weight excluding hydrogens is 214 g/mol. The lowest BCUT2D eigenvalue weighted by Gasteiger charge is -2.02. The van der Waals surface area contributed by atoms with Gasteiger partial charge in [0.1, 0.15) is 5.82 Å². The lowest BCUT2D eigenvalue weighted by molar-refractivity contribution is 0.200. The molecule has 0 aliphatic rings. The van der Waals surface area contributed by atoms with Crippen LogP contribution in [0.5, 0.6) is 0 Å². The molecular formula is C8H15N5OS. The molecule has 4 N–H and O–H groups in total. The quantitative estimate of drug-likeness (QED) is 0.677.